The van der Waals surface area contributed by atoms with E-state index in [1.807, 2.05) is 26.8 Å². The van der Waals surface area contributed by atoms with Gasteiger partial charge in [-0.1, -0.05) is 46.8 Å². The Bertz CT molecular complexity index is 414. The fourth-order valence-corrected chi connectivity index (χ4v) is 2.27. The summed E-state index contributed by atoms with van der Waals surface area (Å²) in [5.74, 6) is 1.51. The van der Waals surface area contributed by atoms with E-state index in [2.05, 4.69) is 32.9 Å². The smallest absolute Gasteiger partial charge is 0.122 e. The molecule has 0 bridgehead atoms. The van der Waals surface area contributed by atoms with Gasteiger partial charge in [-0.25, -0.2) is 0 Å². The molecule has 0 saturated heterocycles. The lowest BCUT2D eigenvalue weighted by Gasteiger charge is -2.26. The first-order valence-electron chi connectivity index (χ1n) is 7.71. The van der Waals surface area contributed by atoms with E-state index in [4.69, 9.17) is 4.74 Å². The highest BCUT2D eigenvalue weighted by atomic mass is 16.5. The van der Waals surface area contributed by atoms with Crippen LogP contribution in [0.5, 0.6) is 5.75 Å². The second-order valence-corrected chi connectivity index (χ2v) is 6.73. The highest BCUT2D eigenvalue weighted by Gasteiger charge is 2.22. The second-order valence-electron chi connectivity index (χ2n) is 6.73. The van der Waals surface area contributed by atoms with Crippen LogP contribution in [0.4, 0.5) is 0 Å². The first-order valence-corrected chi connectivity index (χ1v) is 7.71. The molecule has 2 nitrogen and oxygen atoms in total. The third-order valence-corrected chi connectivity index (χ3v) is 4.05. The Balaban J connectivity index is 2.74. The predicted octanol–water partition coefficient (Wildman–Crippen LogP) is 4.68. The molecule has 0 radical (unpaired) electrons. The van der Waals surface area contributed by atoms with Crippen LogP contribution >= 0.6 is 0 Å². The molecule has 0 heterocycles. The molecule has 0 amide bonds. The third kappa shape index (κ3) is 4.52. The molecule has 0 aliphatic rings. The van der Waals surface area contributed by atoms with Gasteiger partial charge >= 0.3 is 0 Å². The quantitative estimate of drug-likeness (QED) is 0.818. The summed E-state index contributed by atoms with van der Waals surface area (Å²) in [7, 11) is 0. The zero-order valence-electron chi connectivity index (χ0n) is 13.9. The Labute approximate surface area is 124 Å². The van der Waals surface area contributed by atoms with E-state index in [0.29, 0.717) is 12.5 Å². The van der Waals surface area contributed by atoms with E-state index in [1.165, 1.54) is 18.4 Å². The first kappa shape index (κ1) is 17.0. The van der Waals surface area contributed by atoms with Crippen molar-refractivity contribution < 1.29 is 9.84 Å². The number of rotatable bonds is 6. The number of ether oxygens (including phenoxy) is 1. The van der Waals surface area contributed by atoms with Crippen LogP contribution in [0.3, 0.4) is 0 Å². The number of aryl methyl sites for hydroxylation is 1. The summed E-state index contributed by atoms with van der Waals surface area (Å²) in [4.78, 5) is 0. The molecular formula is C18H30O2. The van der Waals surface area contributed by atoms with Crippen molar-refractivity contribution in [2.45, 2.75) is 66.4 Å². The molecule has 0 aliphatic carbocycles. The Morgan fingerprint density at radius 3 is 2.20 bits per heavy atom. The van der Waals surface area contributed by atoms with Crippen molar-refractivity contribution in [2.24, 2.45) is 5.41 Å². The van der Waals surface area contributed by atoms with Crippen LogP contribution in [0, 0.1) is 12.3 Å². The van der Waals surface area contributed by atoms with Crippen molar-refractivity contribution >= 4 is 0 Å². The second kappa shape index (κ2) is 7.12. The number of aliphatic hydroxyl groups excluding tert-OH is 1. The van der Waals surface area contributed by atoms with Crippen LogP contribution in [0.1, 0.15) is 64.5 Å². The maximum atomic E-state index is 10.0. The lowest BCUT2D eigenvalue weighted by Crippen LogP contribution is -2.32. The molecule has 0 saturated carbocycles. The van der Waals surface area contributed by atoms with Gasteiger partial charge < -0.3 is 9.84 Å². The zero-order valence-corrected chi connectivity index (χ0v) is 13.9. The molecule has 1 N–H and O–H groups in total. The maximum absolute atomic E-state index is 10.0. The maximum Gasteiger partial charge on any atom is 0.122 e. The third-order valence-electron chi connectivity index (χ3n) is 4.05. The van der Waals surface area contributed by atoms with E-state index in [0.717, 1.165) is 11.3 Å². The highest BCUT2D eigenvalue weighted by Crippen LogP contribution is 2.28. The Morgan fingerprint density at radius 2 is 1.75 bits per heavy atom. The molecular weight excluding hydrogens is 248 g/mol. The highest BCUT2D eigenvalue weighted by molar-refractivity contribution is 5.37. The lowest BCUT2D eigenvalue weighted by molar-refractivity contribution is 0.0216. The van der Waals surface area contributed by atoms with E-state index in [-0.39, 0.29) is 5.41 Å². The predicted molar refractivity (Wildman–Crippen MR) is 85.5 cm³/mol. The zero-order chi connectivity index (χ0) is 15.3. The molecule has 1 unspecified atom stereocenters. The normalized spacial score (nSPS) is 13.6. The van der Waals surface area contributed by atoms with Crippen LogP contribution in [0.25, 0.3) is 0 Å². The van der Waals surface area contributed by atoms with Crippen LogP contribution in [0.2, 0.25) is 0 Å². The monoisotopic (exact) mass is 278 g/mol. The van der Waals surface area contributed by atoms with Crippen molar-refractivity contribution in [1.29, 1.82) is 0 Å². The van der Waals surface area contributed by atoms with Gasteiger partial charge in [0.15, 0.2) is 0 Å². The van der Waals surface area contributed by atoms with Gasteiger partial charge in [-0.05, 0) is 48.3 Å². The van der Waals surface area contributed by atoms with Gasteiger partial charge in [-0.3, -0.25) is 0 Å². The average Bonchev–Trinajstić information content (AvgIpc) is 2.37. The van der Waals surface area contributed by atoms with E-state index in [9.17, 15) is 5.11 Å². The molecule has 0 spiro atoms. The van der Waals surface area contributed by atoms with E-state index >= 15 is 0 Å². The first-order chi connectivity index (χ1) is 9.29. The summed E-state index contributed by atoms with van der Waals surface area (Å²) in [6.45, 7) is 12.9. The summed E-state index contributed by atoms with van der Waals surface area (Å²) in [5.41, 5.74) is 2.38. The Kier molecular flexibility index (Phi) is 6.07. The van der Waals surface area contributed by atoms with Crippen LogP contribution in [-0.2, 0) is 0 Å². The van der Waals surface area contributed by atoms with E-state index in [1.54, 1.807) is 0 Å². The lowest BCUT2D eigenvalue weighted by atomic mass is 9.90. The molecule has 1 aromatic rings. The SMILES string of the molecule is CCC(CC)c1ccc(OCC(O)C(C)(C)C)c(C)c1. The fraction of sp³-hybridized carbons (Fsp3) is 0.667. The van der Waals surface area contributed by atoms with Crippen LogP contribution in [0.15, 0.2) is 18.2 Å². The molecule has 1 rings (SSSR count). The van der Waals surface area contributed by atoms with Crippen molar-refractivity contribution in [3.8, 4) is 5.75 Å². The van der Waals surface area contributed by atoms with Crippen molar-refractivity contribution in [3.63, 3.8) is 0 Å². The van der Waals surface area contributed by atoms with E-state index < -0.39 is 6.10 Å². The topological polar surface area (TPSA) is 29.5 Å². The Morgan fingerprint density at radius 1 is 1.15 bits per heavy atom. The standard InChI is InChI=1S/C18H30O2/c1-7-14(8-2)15-9-10-16(13(3)11-15)20-12-17(19)18(4,5)6/h9-11,14,17,19H,7-8,12H2,1-6H3. The summed E-state index contributed by atoms with van der Waals surface area (Å²) < 4.78 is 5.78. The minimum absolute atomic E-state index is 0.149. The number of aliphatic hydroxyl groups is 1. The number of hydrogen-bond donors (Lipinski definition) is 1. The van der Waals surface area contributed by atoms with Gasteiger partial charge in [0.05, 0.1) is 6.10 Å². The minimum Gasteiger partial charge on any atom is -0.491 e. The molecule has 0 aliphatic heterocycles. The van der Waals surface area contributed by atoms with Gasteiger partial charge in [-0.2, -0.15) is 0 Å². The molecule has 0 fully saturated rings. The van der Waals surface area contributed by atoms with Gasteiger partial charge in [0.2, 0.25) is 0 Å². The number of hydrogen-bond acceptors (Lipinski definition) is 2. The van der Waals surface area contributed by atoms with Crippen LogP contribution in [-0.4, -0.2) is 17.8 Å². The van der Waals surface area contributed by atoms with Gasteiger partial charge in [0.25, 0.3) is 0 Å². The average molecular weight is 278 g/mol. The Hall–Kier alpha value is -1.02. The van der Waals surface area contributed by atoms with Gasteiger partial charge in [0, 0.05) is 0 Å². The fourth-order valence-electron chi connectivity index (χ4n) is 2.27. The van der Waals surface area contributed by atoms with Crippen LogP contribution < -0.4 is 4.74 Å². The van der Waals surface area contributed by atoms with Gasteiger partial charge in [0.1, 0.15) is 12.4 Å². The number of benzene rings is 1. The minimum atomic E-state index is -0.458. The van der Waals surface area contributed by atoms with Crippen molar-refractivity contribution in [1.82, 2.24) is 0 Å². The summed E-state index contributed by atoms with van der Waals surface area (Å²) in [6.07, 6.45) is 1.87. The molecule has 114 valence electrons. The van der Waals surface area contributed by atoms with Gasteiger partial charge in [-0.15, -0.1) is 0 Å². The largest absolute Gasteiger partial charge is 0.491 e. The van der Waals surface area contributed by atoms with Crippen molar-refractivity contribution in [2.75, 3.05) is 6.61 Å². The summed E-state index contributed by atoms with van der Waals surface area (Å²) in [6, 6.07) is 6.41. The molecule has 20 heavy (non-hydrogen) atoms. The molecule has 1 aromatic carbocycles. The molecule has 1 atom stereocenters. The molecule has 0 aromatic heterocycles. The van der Waals surface area contributed by atoms with Crippen molar-refractivity contribution in [3.05, 3.63) is 29.3 Å². The molecule has 2 heteroatoms. The summed E-state index contributed by atoms with van der Waals surface area (Å²) in [5, 5.41) is 10.0. The summed E-state index contributed by atoms with van der Waals surface area (Å²) >= 11 is 0.